The molecule has 0 spiro atoms. The summed E-state index contributed by atoms with van der Waals surface area (Å²) in [6, 6.07) is 15.5. The summed E-state index contributed by atoms with van der Waals surface area (Å²) in [6.07, 6.45) is 0.0655. The highest BCUT2D eigenvalue weighted by molar-refractivity contribution is 7.98. The first-order chi connectivity index (χ1) is 9.67. The van der Waals surface area contributed by atoms with E-state index in [9.17, 15) is 4.79 Å². The number of aliphatic hydroxyl groups excluding tert-OH is 1. The Hall–Kier alpha value is -1.78. The van der Waals surface area contributed by atoms with Crippen LogP contribution in [0.15, 0.2) is 53.4 Å². The van der Waals surface area contributed by atoms with E-state index in [1.807, 2.05) is 48.5 Å². The van der Waals surface area contributed by atoms with E-state index in [0.29, 0.717) is 0 Å². The van der Waals surface area contributed by atoms with E-state index in [2.05, 4.69) is 0 Å². The van der Waals surface area contributed by atoms with Crippen molar-refractivity contribution in [3.63, 3.8) is 0 Å². The fourth-order valence-electron chi connectivity index (χ4n) is 1.79. The second kappa shape index (κ2) is 7.12. The monoisotopic (exact) mass is 288 g/mol. The van der Waals surface area contributed by atoms with Crippen LogP contribution in [0.1, 0.15) is 16.7 Å². The molecular formula is C16H16O3S. The van der Waals surface area contributed by atoms with Gasteiger partial charge in [-0.05, 0) is 28.8 Å². The van der Waals surface area contributed by atoms with Crippen LogP contribution in [0, 0.1) is 0 Å². The standard InChI is InChI=1S/C16H16O3S/c17-10-13-5-7-15(8-6-13)20-11-14-3-1-12(2-4-14)9-16(18)19/h1-8,17H,9-11H2,(H,18,19). The molecule has 0 saturated heterocycles. The van der Waals surface area contributed by atoms with Crippen molar-refractivity contribution in [1.29, 1.82) is 0 Å². The van der Waals surface area contributed by atoms with Crippen LogP contribution in [0.4, 0.5) is 0 Å². The van der Waals surface area contributed by atoms with Gasteiger partial charge in [0.05, 0.1) is 13.0 Å². The molecule has 0 aliphatic carbocycles. The van der Waals surface area contributed by atoms with Crippen molar-refractivity contribution in [3.8, 4) is 0 Å². The Kier molecular flexibility index (Phi) is 5.21. The van der Waals surface area contributed by atoms with Crippen LogP contribution < -0.4 is 0 Å². The zero-order valence-corrected chi connectivity index (χ0v) is 11.8. The zero-order chi connectivity index (χ0) is 14.4. The molecule has 104 valence electrons. The minimum Gasteiger partial charge on any atom is -0.481 e. The second-order valence-corrected chi connectivity index (χ2v) is 5.53. The lowest BCUT2D eigenvalue weighted by Crippen LogP contribution is -1.99. The van der Waals surface area contributed by atoms with Gasteiger partial charge in [0, 0.05) is 10.6 Å². The summed E-state index contributed by atoms with van der Waals surface area (Å²) in [5.41, 5.74) is 2.89. The van der Waals surface area contributed by atoms with Gasteiger partial charge in [-0.3, -0.25) is 4.79 Å². The fourth-order valence-corrected chi connectivity index (χ4v) is 2.64. The van der Waals surface area contributed by atoms with Gasteiger partial charge >= 0.3 is 5.97 Å². The van der Waals surface area contributed by atoms with Crippen molar-refractivity contribution in [2.45, 2.75) is 23.7 Å². The third kappa shape index (κ3) is 4.40. The van der Waals surface area contributed by atoms with Crippen molar-refractivity contribution in [2.24, 2.45) is 0 Å². The Morgan fingerprint density at radius 1 is 0.900 bits per heavy atom. The molecule has 2 N–H and O–H groups in total. The number of aliphatic carboxylic acids is 1. The summed E-state index contributed by atoms with van der Waals surface area (Å²) in [6.45, 7) is 0.0655. The largest absolute Gasteiger partial charge is 0.481 e. The minimum absolute atomic E-state index is 0.0655. The van der Waals surface area contributed by atoms with E-state index < -0.39 is 5.97 Å². The Bertz CT molecular complexity index is 561. The van der Waals surface area contributed by atoms with E-state index >= 15 is 0 Å². The van der Waals surface area contributed by atoms with Gasteiger partial charge in [0.25, 0.3) is 0 Å². The van der Waals surface area contributed by atoms with Crippen LogP contribution in [0.5, 0.6) is 0 Å². The molecule has 0 aromatic heterocycles. The molecule has 0 bridgehead atoms. The number of aliphatic hydroxyl groups is 1. The number of hydrogen-bond acceptors (Lipinski definition) is 3. The molecule has 0 atom stereocenters. The lowest BCUT2D eigenvalue weighted by Gasteiger charge is -2.04. The maximum absolute atomic E-state index is 10.6. The molecule has 3 nitrogen and oxygen atoms in total. The zero-order valence-electron chi connectivity index (χ0n) is 11.0. The first-order valence-corrected chi connectivity index (χ1v) is 7.28. The maximum Gasteiger partial charge on any atom is 0.307 e. The van der Waals surface area contributed by atoms with Gasteiger partial charge in [0.15, 0.2) is 0 Å². The summed E-state index contributed by atoms with van der Waals surface area (Å²) >= 11 is 1.71. The summed E-state index contributed by atoms with van der Waals surface area (Å²) in [7, 11) is 0. The molecule has 2 aromatic carbocycles. The molecule has 0 heterocycles. The topological polar surface area (TPSA) is 57.5 Å². The van der Waals surface area contributed by atoms with Gasteiger partial charge in [-0.15, -0.1) is 11.8 Å². The summed E-state index contributed by atoms with van der Waals surface area (Å²) in [5, 5.41) is 17.7. The van der Waals surface area contributed by atoms with Crippen molar-refractivity contribution in [3.05, 3.63) is 65.2 Å². The van der Waals surface area contributed by atoms with Gasteiger partial charge in [0.1, 0.15) is 0 Å². The van der Waals surface area contributed by atoms with Crippen LogP contribution in [0.3, 0.4) is 0 Å². The van der Waals surface area contributed by atoms with Crippen LogP contribution in [-0.2, 0) is 23.6 Å². The van der Waals surface area contributed by atoms with Crippen LogP contribution in [0.2, 0.25) is 0 Å². The number of benzene rings is 2. The lowest BCUT2D eigenvalue weighted by atomic mass is 10.1. The summed E-state index contributed by atoms with van der Waals surface area (Å²) < 4.78 is 0. The number of carbonyl (C=O) groups is 1. The number of rotatable bonds is 6. The minimum atomic E-state index is -0.809. The highest BCUT2D eigenvalue weighted by atomic mass is 32.2. The van der Waals surface area contributed by atoms with Gasteiger partial charge in [-0.25, -0.2) is 0 Å². The van der Waals surface area contributed by atoms with Crippen LogP contribution >= 0.6 is 11.8 Å². The second-order valence-electron chi connectivity index (χ2n) is 4.48. The Morgan fingerprint density at radius 2 is 1.45 bits per heavy atom. The van der Waals surface area contributed by atoms with Gasteiger partial charge in [0.2, 0.25) is 0 Å². The summed E-state index contributed by atoms with van der Waals surface area (Å²) in [5.74, 6) is 0.0299. The average Bonchev–Trinajstić information content (AvgIpc) is 2.46. The smallest absolute Gasteiger partial charge is 0.307 e. The van der Waals surface area contributed by atoms with Gasteiger partial charge in [-0.1, -0.05) is 36.4 Å². The first kappa shape index (κ1) is 14.6. The van der Waals surface area contributed by atoms with E-state index in [0.717, 1.165) is 27.3 Å². The van der Waals surface area contributed by atoms with E-state index in [-0.39, 0.29) is 13.0 Å². The molecule has 0 saturated carbocycles. The molecule has 0 amide bonds. The van der Waals surface area contributed by atoms with Crippen molar-refractivity contribution < 1.29 is 15.0 Å². The van der Waals surface area contributed by atoms with E-state index in [1.165, 1.54) is 0 Å². The SMILES string of the molecule is O=C(O)Cc1ccc(CSc2ccc(CO)cc2)cc1. The first-order valence-electron chi connectivity index (χ1n) is 6.29. The van der Waals surface area contributed by atoms with Gasteiger partial charge in [-0.2, -0.15) is 0 Å². The highest BCUT2D eigenvalue weighted by Gasteiger charge is 2.01. The Labute approximate surface area is 122 Å². The predicted molar refractivity (Wildman–Crippen MR) is 79.7 cm³/mol. The normalized spacial score (nSPS) is 10.4. The predicted octanol–water partition coefficient (Wildman–Crippen LogP) is 3.10. The maximum atomic E-state index is 10.6. The number of thioether (sulfide) groups is 1. The van der Waals surface area contributed by atoms with Crippen LogP contribution in [-0.4, -0.2) is 16.2 Å². The molecule has 0 radical (unpaired) electrons. The molecule has 0 unspecified atom stereocenters. The lowest BCUT2D eigenvalue weighted by molar-refractivity contribution is -0.136. The molecular weight excluding hydrogens is 272 g/mol. The highest BCUT2D eigenvalue weighted by Crippen LogP contribution is 2.23. The van der Waals surface area contributed by atoms with E-state index in [4.69, 9.17) is 10.2 Å². The Balaban J connectivity index is 1.91. The third-order valence-corrected chi connectivity index (χ3v) is 3.97. The summed E-state index contributed by atoms with van der Waals surface area (Å²) in [4.78, 5) is 11.7. The van der Waals surface area contributed by atoms with Crippen molar-refractivity contribution in [2.75, 3.05) is 0 Å². The van der Waals surface area contributed by atoms with Crippen molar-refractivity contribution >= 4 is 17.7 Å². The number of hydrogen-bond donors (Lipinski definition) is 2. The molecule has 0 aliphatic rings. The number of carboxylic acids is 1. The number of carboxylic acid groups (broad SMARTS) is 1. The van der Waals surface area contributed by atoms with Gasteiger partial charge < -0.3 is 10.2 Å². The van der Waals surface area contributed by atoms with Crippen molar-refractivity contribution in [1.82, 2.24) is 0 Å². The average molecular weight is 288 g/mol. The molecule has 20 heavy (non-hydrogen) atoms. The Morgan fingerprint density at radius 3 is 2.00 bits per heavy atom. The van der Waals surface area contributed by atoms with Crippen LogP contribution in [0.25, 0.3) is 0 Å². The molecule has 0 fully saturated rings. The molecule has 2 aromatic rings. The fraction of sp³-hybridized carbons (Fsp3) is 0.188. The van der Waals surface area contributed by atoms with E-state index in [1.54, 1.807) is 11.8 Å². The molecule has 4 heteroatoms. The molecule has 0 aliphatic heterocycles. The quantitative estimate of drug-likeness (QED) is 0.802. The third-order valence-electron chi connectivity index (χ3n) is 2.89. The molecule has 2 rings (SSSR count).